The van der Waals surface area contributed by atoms with E-state index in [0.717, 1.165) is 30.2 Å². The van der Waals surface area contributed by atoms with Crippen molar-refractivity contribution in [1.29, 1.82) is 0 Å². The first kappa shape index (κ1) is 17.8. The molecule has 0 aliphatic carbocycles. The molecule has 0 aromatic heterocycles. The number of carbonyl (C=O) groups is 1. The first-order valence-electron chi connectivity index (χ1n) is 8.00. The van der Waals surface area contributed by atoms with Crippen LogP contribution in [0.3, 0.4) is 0 Å². The Morgan fingerprint density at radius 2 is 1.87 bits per heavy atom. The zero-order valence-corrected chi connectivity index (χ0v) is 15.2. The molecule has 128 valence electrons. The second-order valence-electron chi connectivity index (χ2n) is 6.70. The van der Waals surface area contributed by atoms with E-state index in [1.54, 1.807) is 17.0 Å². The molecule has 0 bridgehead atoms. The molecule has 6 heteroatoms. The minimum absolute atomic E-state index is 0.124. The van der Waals surface area contributed by atoms with Crippen LogP contribution >= 0.6 is 0 Å². The van der Waals surface area contributed by atoms with Gasteiger partial charge in [0.15, 0.2) is 0 Å². The monoisotopic (exact) mass is 338 g/mol. The van der Waals surface area contributed by atoms with Gasteiger partial charge in [-0.05, 0) is 55.9 Å². The van der Waals surface area contributed by atoms with E-state index in [1.807, 2.05) is 19.9 Å². The topological polar surface area (TPSA) is 57.7 Å². The number of likely N-dealkylation sites (tertiary alicyclic amines) is 1. The summed E-state index contributed by atoms with van der Waals surface area (Å²) < 4.78 is 25.6. The molecule has 1 heterocycles. The predicted octanol–water partition coefficient (Wildman–Crippen LogP) is 2.33. The van der Waals surface area contributed by atoms with Gasteiger partial charge in [-0.25, -0.2) is 8.42 Å². The maximum absolute atomic E-state index is 12.6. The Labute approximate surface area is 139 Å². The van der Waals surface area contributed by atoms with Gasteiger partial charge in [-0.2, -0.15) is 0 Å². The molecule has 1 fully saturated rings. The van der Waals surface area contributed by atoms with E-state index in [1.165, 1.54) is 4.31 Å². The maximum Gasteiger partial charge on any atom is 0.243 e. The highest BCUT2D eigenvalue weighted by atomic mass is 32.2. The molecule has 0 saturated carbocycles. The van der Waals surface area contributed by atoms with Crippen molar-refractivity contribution in [3.05, 3.63) is 29.3 Å². The van der Waals surface area contributed by atoms with Gasteiger partial charge in [0.25, 0.3) is 0 Å². The minimum Gasteiger partial charge on any atom is -0.341 e. The number of amides is 1. The molecule has 1 aromatic rings. The molecule has 0 radical (unpaired) electrons. The molecule has 1 aliphatic heterocycles. The maximum atomic E-state index is 12.6. The van der Waals surface area contributed by atoms with Gasteiger partial charge in [0, 0.05) is 13.1 Å². The highest BCUT2D eigenvalue weighted by Gasteiger charge is 2.26. The standard InChI is InChI=1S/C17H26N2O3S/c1-13-6-5-7-18(11-13)17(20)12-19(23(4,21)22)16-9-14(2)8-15(3)10-16/h8-10,13H,5-7,11-12H2,1-4H3/t13-/m0/s1. The summed E-state index contributed by atoms with van der Waals surface area (Å²) in [6.07, 6.45) is 3.25. The van der Waals surface area contributed by atoms with Crippen molar-refractivity contribution in [2.24, 2.45) is 5.92 Å². The fourth-order valence-electron chi connectivity index (χ4n) is 3.13. The van der Waals surface area contributed by atoms with Gasteiger partial charge in [0.1, 0.15) is 6.54 Å². The predicted molar refractivity (Wildman–Crippen MR) is 93.1 cm³/mol. The average molecular weight is 338 g/mol. The molecule has 23 heavy (non-hydrogen) atoms. The van der Waals surface area contributed by atoms with Crippen LogP contribution in [0, 0.1) is 19.8 Å². The first-order chi connectivity index (χ1) is 10.7. The fourth-order valence-corrected chi connectivity index (χ4v) is 3.97. The van der Waals surface area contributed by atoms with Gasteiger partial charge >= 0.3 is 0 Å². The third kappa shape index (κ3) is 4.70. The third-order valence-electron chi connectivity index (χ3n) is 4.18. The first-order valence-corrected chi connectivity index (χ1v) is 9.85. The largest absolute Gasteiger partial charge is 0.341 e. The van der Waals surface area contributed by atoms with Gasteiger partial charge < -0.3 is 4.90 Å². The summed E-state index contributed by atoms with van der Waals surface area (Å²) in [4.78, 5) is 14.4. The molecule has 1 aromatic carbocycles. The fraction of sp³-hybridized carbons (Fsp3) is 0.588. The minimum atomic E-state index is -3.51. The van der Waals surface area contributed by atoms with E-state index in [-0.39, 0.29) is 12.5 Å². The lowest BCUT2D eigenvalue weighted by molar-refractivity contribution is -0.131. The van der Waals surface area contributed by atoms with Crippen LogP contribution < -0.4 is 4.31 Å². The number of hydrogen-bond donors (Lipinski definition) is 0. The zero-order chi connectivity index (χ0) is 17.2. The number of aryl methyl sites for hydroxylation is 2. The molecule has 0 N–H and O–H groups in total. The Balaban J connectivity index is 2.24. The van der Waals surface area contributed by atoms with Crippen molar-refractivity contribution >= 4 is 21.6 Å². The molecule has 1 aliphatic rings. The van der Waals surface area contributed by atoms with Crippen LogP contribution in [0.1, 0.15) is 30.9 Å². The van der Waals surface area contributed by atoms with Crippen LogP contribution in [-0.4, -0.2) is 45.1 Å². The SMILES string of the molecule is Cc1cc(C)cc(N(CC(=O)N2CCC[C@H](C)C2)S(C)(=O)=O)c1. The van der Waals surface area contributed by atoms with Crippen LogP contribution in [-0.2, 0) is 14.8 Å². The van der Waals surface area contributed by atoms with Gasteiger partial charge in [0.2, 0.25) is 15.9 Å². The van der Waals surface area contributed by atoms with E-state index < -0.39 is 10.0 Å². The average Bonchev–Trinajstić information content (AvgIpc) is 2.42. The number of rotatable bonds is 4. The van der Waals surface area contributed by atoms with Crippen molar-refractivity contribution in [2.75, 3.05) is 30.2 Å². The second-order valence-corrected chi connectivity index (χ2v) is 8.61. The number of piperidine rings is 1. The number of hydrogen-bond acceptors (Lipinski definition) is 3. The van der Waals surface area contributed by atoms with Crippen LogP contribution in [0.2, 0.25) is 0 Å². The summed E-state index contributed by atoms with van der Waals surface area (Å²) in [7, 11) is -3.51. The van der Waals surface area contributed by atoms with Crippen LogP contribution in [0.5, 0.6) is 0 Å². The smallest absolute Gasteiger partial charge is 0.243 e. The molecule has 1 saturated heterocycles. The Hall–Kier alpha value is -1.56. The van der Waals surface area contributed by atoms with Crippen molar-refractivity contribution in [3.8, 4) is 0 Å². The molecule has 5 nitrogen and oxygen atoms in total. The number of carbonyl (C=O) groups excluding carboxylic acids is 1. The molecule has 1 atom stereocenters. The summed E-state index contributed by atoms with van der Waals surface area (Å²) in [5, 5.41) is 0. The summed E-state index contributed by atoms with van der Waals surface area (Å²) in [5.41, 5.74) is 2.52. The van der Waals surface area contributed by atoms with Gasteiger partial charge in [-0.1, -0.05) is 13.0 Å². The normalized spacial score (nSPS) is 18.8. The Kier molecular flexibility index (Phi) is 5.34. The highest BCUT2D eigenvalue weighted by molar-refractivity contribution is 7.92. The zero-order valence-electron chi connectivity index (χ0n) is 14.4. The summed E-state index contributed by atoms with van der Waals surface area (Å²) in [6, 6.07) is 5.60. The molecule has 1 amide bonds. The van der Waals surface area contributed by atoms with Crippen molar-refractivity contribution in [2.45, 2.75) is 33.6 Å². The quantitative estimate of drug-likeness (QED) is 0.846. The van der Waals surface area contributed by atoms with Crippen molar-refractivity contribution in [3.63, 3.8) is 0 Å². The van der Waals surface area contributed by atoms with Gasteiger partial charge in [-0.3, -0.25) is 9.10 Å². The Bertz CT molecular complexity index is 665. The lowest BCUT2D eigenvalue weighted by atomic mass is 10.0. The molecule has 0 unspecified atom stereocenters. The van der Waals surface area contributed by atoms with E-state index in [0.29, 0.717) is 24.7 Å². The van der Waals surface area contributed by atoms with Gasteiger partial charge in [0.05, 0.1) is 11.9 Å². The van der Waals surface area contributed by atoms with Crippen molar-refractivity contribution in [1.82, 2.24) is 4.90 Å². The Morgan fingerprint density at radius 3 is 2.39 bits per heavy atom. The van der Waals surface area contributed by atoms with E-state index in [9.17, 15) is 13.2 Å². The molecule has 0 spiro atoms. The highest BCUT2D eigenvalue weighted by Crippen LogP contribution is 2.22. The summed E-state index contributed by atoms with van der Waals surface area (Å²) in [5.74, 6) is 0.349. The van der Waals surface area contributed by atoms with Crippen molar-refractivity contribution < 1.29 is 13.2 Å². The molecular formula is C17H26N2O3S. The second kappa shape index (κ2) is 6.91. The summed E-state index contributed by atoms with van der Waals surface area (Å²) >= 11 is 0. The number of sulfonamides is 1. The molecule has 2 rings (SSSR count). The van der Waals surface area contributed by atoms with Crippen LogP contribution in [0.15, 0.2) is 18.2 Å². The summed E-state index contributed by atoms with van der Waals surface area (Å²) in [6.45, 7) is 7.26. The van der Waals surface area contributed by atoms with Crippen LogP contribution in [0.4, 0.5) is 5.69 Å². The lowest BCUT2D eigenvalue weighted by Gasteiger charge is -2.33. The third-order valence-corrected chi connectivity index (χ3v) is 5.32. The number of nitrogens with zero attached hydrogens (tertiary/aromatic N) is 2. The van der Waals surface area contributed by atoms with Gasteiger partial charge in [-0.15, -0.1) is 0 Å². The van der Waals surface area contributed by atoms with Crippen LogP contribution in [0.25, 0.3) is 0 Å². The van der Waals surface area contributed by atoms with E-state index >= 15 is 0 Å². The number of benzene rings is 1. The number of anilines is 1. The van der Waals surface area contributed by atoms with E-state index in [4.69, 9.17) is 0 Å². The Morgan fingerprint density at radius 1 is 1.26 bits per heavy atom. The lowest BCUT2D eigenvalue weighted by Crippen LogP contribution is -2.46. The molecular weight excluding hydrogens is 312 g/mol. The van der Waals surface area contributed by atoms with E-state index in [2.05, 4.69) is 6.92 Å².